The van der Waals surface area contributed by atoms with Gasteiger partial charge in [0.25, 0.3) is 0 Å². The molecular weight excluding hydrogens is 246 g/mol. The molecular formula is C13H21N3OS. The minimum atomic E-state index is 0.229. The van der Waals surface area contributed by atoms with Crippen LogP contribution in [0.5, 0.6) is 0 Å². The molecule has 100 valence electrons. The largest absolute Gasteiger partial charge is 0.396 e. The van der Waals surface area contributed by atoms with E-state index >= 15 is 0 Å². The van der Waals surface area contributed by atoms with Crippen molar-refractivity contribution in [2.45, 2.75) is 49.3 Å². The molecule has 0 bridgehead atoms. The van der Waals surface area contributed by atoms with Gasteiger partial charge in [-0.2, -0.15) is 0 Å². The Morgan fingerprint density at radius 3 is 2.72 bits per heavy atom. The Balaban J connectivity index is 2.23. The number of nitrogens with zero attached hydrogens (tertiary/aromatic N) is 2. The molecule has 1 unspecified atom stereocenters. The molecule has 1 aromatic heterocycles. The van der Waals surface area contributed by atoms with E-state index in [0.717, 1.165) is 28.7 Å². The van der Waals surface area contributed by atoms with Crippen LogP contribution >= 0.6 is 11.8 Å². The van der Waals surface area contributed by atoms with E-state index in [0.29, 0.717) is 11.2 Å². The maximum Gasteiger partial charge on any atom is 0.135 e. The minimum absolute atomic E-state index is 0.229. The summed E-state index contributed by atoms with van der Waals surface area (Å²) in [5.74, 6) is 2.47. The Morgan fingerprint density at radius 1 is 1.44 bits per heavy atom. The van der Waals surface area contributed by atoms with Crippen LogP contribution in [0, 0.1) is 6.92 Å². The molecule has 1 aliphatic carbocycles. The Morgan fingerprint density at radius 2 is 2.17 bits per heavy atom. The molecule has 1 saturated carbocycles. The Bertz CT molecular complexity index is 421. The van der Waals surface area contributed by atoms with Gasteiger partial charge in [-0.15, -0.1) is 11.8 Å². The Kier molecular flexibility index (Phi) is 4.45. The quantitative estimate of drug-likeness (QED) is 0.613. The lowest BCUT2D eigenvalue weighted by Crippen LogP contribution is -2.07. The molecule has 1 atom stereocenters. The van der Waals surface area contributed by atoms with Crippen molar-refractivity contribution in [3.8, 4) is 0 Å². The van der Waals surface area contributed by atoms with Crippen molar-refractivity contribution in [1.82, 2.24) is 9.97 Å². The number of aromatic nitrogens is 2. The zero-order chi connectivity index (χ0) is 13.1. The normalized spacial score (nSPS) is 16.7. The average Bonchev–Trinajstić information content (AvgIpc) is 3.16. The van der Waals surface area contributed by atoms with Gasteiger partial charge in [-0.25, -0.2) is 9.97 Å². The van der Waals surface area contributed by atoms with Gasteiger partial charge >= 0.3 is 0 Å². The monoisotopic (exact) mass is 267 g/mol. The van der Waals surface area contributed by atoms with Crippen LogP contribution in [0.2, 0.25) is 0 Å². The van der Waals surface area contributed by atoms with E-state index in [-0.39, 0.29) is 6.61 Å². The third-order valence-electron chi connectivity index (χ3n) is 3.15. The van der Waals surface area contributed by atoms with E-state index in [9.17, 15) is 0 Å². The molecule has 0 saturated heterocycles. The minimum Gasteiger partial charge on any atom is -0.396 e. The Hall–Kier alpha value is -0.810. The fourth-order valence-electron chi connectivity index (χ4n) is 1.83. The number of thioether (sulfide) groups is 1. The topological polar surface area (TPSA) is 58.0 Å². The highest BCUT2D eigenvalue weighted by atomic mass is 32.2. The second-order valence-electron chi connectivity index (χ2n) is 4.83. The van der Waals surface area contributed by atoms with E-state index in [1.165, 1.54) is 12.8 Å². The molecule has 5 heteroatoms. The van der Waals surface area contributed by atoms with Crippen LogP contribution < -0.4 is 5.32 Å². The van der Waals surface area contributed by atoms with Gasteiger partial charge in [0.05, 0.1) is 0 Å². The van der Waals surface area contributed by atoms with Gasteiger partial charge in [0.1, 0.15) is 16.7 Å². The molecule has 2 N–H and O–H groups in total. The van der Waals surface area contributed by atoms with E-state index in [4.69, 9.17) is 10.1 Å². The number of hydrogen-bond acceptors (Lipinski definition) is 5. The molecule has 2 rings (SSSR count). The highest BCUT2D eigenvalue weighted by molar-refractivity contribution is 7.99. The summed E-state index contributed by atoms with van der Waals surface area (Å²) in [6.07, 6.45) is 3.22. The fourth-order valence-corrected chi connectivity index (χ4v) is 2.85. The molecule has 1 aliphatic rings. The highest BCUT2D eigenvalue weighted by Crippen LogP contribution is 2.40. The lowest BCUT2D eigenvalue weighted by atomic mass is 10.3. The van der Waals surface area contributed by atoms with Crippen LogP contribution in [0.1, 0.15) is 43.5 Å². The standard InChI is InChI=1S/C13H21N3OS/c1-8(6-7-17)18-13-9(2)11(14-3)15-12(16-13)10-4-5-10/h8,10,17H,4-7H2,1-3H3,(H,14,15,16). The summed E-state index contributed by atoms with van der Waals surface area (Å²) in [5.41, 5.74) is 1.11. The second-order valence-corrected chi connectivity index (χ2v) is 6.25. The van der Waals surface area contributed by atoms with Crippen molar-refractivity contribution in [2.24, 2.45) is 0 Å². The van der Waals surface area contributed by atoms with Crippen LogP contribution in [-0.2, 0) is 0 Å². The van der Waals surface area contributed by atoms with Crippen LogP contribution in [-0.4, -0.2) is 34.0 Å². The third kappa shape index (κ3) is 3.14. The van der Waals surface area contributed by atoms with Crippen LogP contribution in [0.3, 0.4) is 0 Å². The van der Waals surface area contributed by atoms with Gasteiger partial charge in [-0.05, 0) is 26.2 Å². The van der Waals surface area contributed by atoms with E-state index < -0.39 is 0 Å². The van der Waals surface area contributed by atoms with Crippen LogP contribution in [0.15, 0.2) is 5.03 Å². The SMILES string of the molecule is CNc1nc(C2CC2)nc(SC(C)CCO)c1C. The van der Waals surface area contributed by atoms with Crippen molar-refractivity contribution in [3.05, 3.63) is 11.4 Å². The summed E-state index contributed by atoms with van der Waals surface area (Å²) in [6.45, 7) is 4.40. The molecule has 1 heterocycles. The van der Waals surface area contributed by atoms with Gasteiger partial charge in [-0.3, -0.25) is 0 Å². The fraction of sp³-hybridized carbons (Fsp3) is 0.692. The summed E-state index contributed by atoms with van der Waals surface area (Å²) < 4.78 is 0. The van der Waals surface area contributed by atoms with Crippen LogP contribution in [0.4, 0.5) is 5.82 Å². The highest BCUT2D eigenvalue weighted by Gasteiger charge is 2.28. The number of anilines is 1. The van der Waals surface area contributed by atoms with Gasteiger partial charge in [0, 0.05) is 30.4 Å². The first kappa shape index (κ1) is 13.6. The summed E-state index contributed by atoms with van der Waals surface area (Å²) in [6, 6.07) is 0. The number of hydrogen-bond donors (Lipinski definition) is 2. The Labute approximate surface area is 113 Å². The summed E-state index contributed by atoms with van der Waals surface area (Å²) in [7, 11) is 1.90. The van der Waals surface area contributed by atoms with E-state index in [2.05, 4.69) is 24.1 Å². The third-order valence-corrected chi connectivity index (χ3v) is 4.40. The van der Waals surface area contributed by atoms with Crippen molar-refractivity contribution in [2.75, 3.05) is 19.0 Å². The number of rotatable bonds is 6. The molecule has 4 nitrogen and oxygen atoms in total. The van der Waals surface area contributed by atoms with Crippen molar-refractivity contribution >= 4 is 17.6 Å². The molecule has 0 radical (unpaired) electrons. The average molecular weight is 267 g/mol. The van der Waals surface area contributed by atoms with Gasteiger partial charge in [0.2, 0.25) is 0 Å². The molecule has 0 amide bonds. The van der Waals surface area contributed by atoms with Crippen molar-refractivity contribution in [1.29, 1.82) is 0 Å². The first-order valence-electron chi connectivity index (χ1n) is 6.49. The smallest absolute Gasteiger partial charge is 0.135 e. The summed E-state index contributed by atoms with van der Waals surface area (Å²) in [4.78, 5) is 9.28. The first-order valence-corrected chi connectivity index (χ1v) is 7.37. The molecule has 0 spiro atoms. The second kappa shape index (κ2) is 5.89. The molecule has 18 heavy (non-hydrogen) atoms. The predicted molar refractivity (Wildman–Crippen MR) is 75.3 cm³/mol. The predicted octanol–water partition coefficient (Wildman–Crippen LogP) is 2.57. The lowest BCUT2D eigenvalue weighted by molar-refractivity contribution is 0.289. The van der Waals surface area contributed by atoms with Crippen molar-refractivity contribution < 1.29 is 5.11 Å². The van der Waals surface area contributed by atoms with Crippen molar-refractivity contribution in [3.63, 3.8) is 0 Å². The zero-order valence-corrected chi connectivity index (χ0v) is 12.0. The summed E-state index contributed by atoms with van der Waals surface area (Å²) >= 11 is 1.73. The number of aliphatic hydroxyl groups is 1. The van der Waals surface area contributed by atoms with Gasteiger partial charge in [0.15, 0.2) is 0 Å². The number of nitrogens with one attached hydrogen (secondary N) is 1. The maximum atomic E-state index is 8.98. The lowest BCUT2D eigenvalue weighted by Gasteiger charge is -2.14. The van der Waals surface area contributed by atoms with E-state index in [1.54, 1.807) is 11.8 Å². The zero-order valence-electron chi connectivity index (χ0n) is 11.2. The van der Waals surface area contributed by atoms with E-state index in [1.807, 2.05) is 7.05 Å². The summed E-state index contributed by atoms with van der Waals surface area (Å²) in [5, 5.41) is 13.6. The van der Waals surface area contributed by atoms with Crippen LogP contribution in [0.25, 0.3) is 0 Å². The molecule has 0 aromatic carbocycles. The number of aliphatic hydroxyl groups excluding tert-OH is 1. The van der Waals surface area contributed by atoms with Gasteiger partial charge in [-0.1, -0.05) is 6.92 Å². The molecule has 1 aromatic rings. The molecule has 1 fully saturated rings. The van der Waals surface area contributed by atoms with Gasteiger partial charge < -0.3 is 10.4 Å². The molecule has 0 aliphatic heterocycles. The maximum absolute atomic E-state index is 8.98. The first-order chi connectivity index (χ1) is 8.65.